The van der Waals surface area contributed by atoms with Gasteiger partial charge in [0.25, 0.3) is 0 Å². The van der Waals surface area contributed by atoms with Gasteiger partial charge in [-0.25, -0.2) is 13.6 Å². The van der Waals surface area contributed by atoms with Gasteiger partial charge in [-0.3, -0.25) is 4.90 Å². The molecule has 2 N–H and O–H groups in total. The predicted molar refractivity (Wildman–Crippen MR) is 85.5 cm³/mol. The van der Waals surface area contributed by atoms with Crippen molar-refractivity contribution in [1.29, 1.82) is 0 Å². The lowest BCUT2D eigenvalue weighted by atomic mass is 10.1. The van der Waals surface area contributed by atoms with Crippen molar-refractivity contribution in [1.82, 2.24) is 10.2 Å². The molecule has 0 aromatic heterocycles. The molecule has 2 atom stereocenters. The molecular weight excluding hydrogens is 318 g/mol. The van der Waals surface area contributed by atoms with Crippen LogP contribution in [-0.2, 0) is 4.74 Å². The highest BCUT2D eigenvalue weighted by molar-refractivity contribution is 5.68. The Balaban J connectivity index is 1.84. The summed E-state index contributed by atoms with van der Waals surface area (Å²) < 4.78 is 31.8. The maximum atomic E-state index is 13.7. The Hall–Kier alpha value is -1.73. The van der Waals surface area contributed by atoms with Gasteiger partial charge in [-0.05, 0) is 33.3 Å². The van der Waals surface area contributed by atoms with E-state index in [0.29, 0.717) is 13.1 Å². The summed E-state index contributed by atoms with van der Waals surface area (Å²) in [6.07, 6.45) is -0.803. The summed E-state index contributed by atoms with van der Waals surface area (Å²) in [5, 5.41) is 12.9. The van der Waals surface area contributed by atoms with Crippen molar-refractivity contribution in [2.75, 3.05) is 19.6 Å². The Bertz CT molecular complexity index is 590. The number of hydrogen-bond acceptors (Lipinski definition) is 4. The van der Waals surface area contributed by atoms with Crippen LogP contribution in [0, 0.1) is 11.6 Å². The minimum Gasteiger partial charge on any atom is -0.444 e. The number of aliphatic hydroxyl groups is 1. The van der Waals surface area contributed by atoms with E-state index in [1.807, 2.05) is 4.90 Å². The third-order valence-corrected chi connectivity index (χ3v) is 3.75. The molecule has 0 radical (unpaired) electrons. The molecule has 1 heterocycles. The zero-order valence-corrected chi connectivity index (χ0v) is 14.2. The van der Waals surface area contributed by atoms with E-state index in [1.54, 1.807) is 20.8 Å². The minimum atomic E-state index is -1.05. The van der Waals surface area contributed by atoms with Gasteiger partial charge in [0.05, 0.1) is 6.10 Å². The third-order valence-electron chi connectivity index (χ3n) is 3.75. The number of aliphatic hydroxyl groups excluding tert-OH is 1. The number of β-amino-alcohol motifs (C(OH)–C–C–N with tert-alkyl or cyclic N) is 1. The van der Waals surface area contributed by atoms with E-state index in [0.717, 1.165) is 18.6 Å². The molecule has 1 aromatic carbocycles. The van der Waals surface area contributed by atoms with Crippen LogP contribution in [0.15, 0.2) is 18.2 Å². The first-order chi connectivity index (χ1) is 11.1. The van der Waals surface area contributed by atoms with Gasteiger partial charge in [0.1, 0.15) is 17.2 Å². The second kappa shape index (κ2) is 7.44. The second-order valence-electron chi connectivity index (χ2n) is 7.07. The normalized spacial score (nSPS) is 20.0. The van der Waals surface area contributed by atoms with Gasteiger partial charge in [-0.15, -0.1) is 0 Å². The number of carbonyl (C=O) groups excluding carboxylic acids is 1. The molecule has 2 rings (SSSR count). The number of nitrogens with zero attached hydrogens (tertiary/aromatic N) is 1. The molecule has 1 aromatic rings. The lowest BCUT2D eigenvalue weighted by Gasteiger charge is -2.23. The average molecular weight is 342 g/mol. The van der Waals surface area contributed by atoms with Gasteiger partial charge >= 0.3 is 6.09 Å². The Kier molecular flexibility index (Phi) is 5.77. The van der Waals surface area contributed by atoms with Crippen LogP contribution in [-0.4, -0.2) is 47.4 Å². The number of halogens is 2. The van der Waals surface area contributed by atoms with Gasteiger partial charge in [-0.1, -0.05) is 6.07 Å². The number of hydrogen-bond donors (Lipinski definition) is 2. The molecule has 0 saturated carbocycles. The number of nitrogens with one attached hydrogen (secondary N) is 1. The molecule has 1 fully saturated rings. The highest BCUT2D eigenvalue weighted by atomic mass is 19.1. The summed E-state index contributed by atoms with van der Waals surface area (Å²) >= 11 is 0. The topological polar surface area (TPSA) is 61.8 Å². The fraction of sp³-hybridized carbons (Fsp3) is 0.588. The van der Waals surface area contributed by atoms with E-state index >= 15 is 0 Å². The Labute approximate surface area is 140 Å². The number of benzene rings is 1. The number of likely N-dealkylation sites (tertiary alicyclic amines) is 1. The lowest BCUT2D eigenvalue weighted by Crippen LogP contribution is -2.40. The third kappa shape index (κ3) is 5.42. The van der Waals surface area contributed by atoms with Gasteiger partial charge in [0.2, 0.25) is 0 Å². The number of ether oxygens (including phenoxy) is 1. The fourth-order valence-corrected chi connectivity index (χ4v) is 2.71. The monoisotopic (exact) mass is 342 g/mol. The second-order valence-corrected chi connectivity index (χ2v) is 7.07. The van der Waals surface area contributed by atoms with Crippen LogP contribution in [0.2, 0.25) is 0 Å². The summed E-state index contributed by atoms with van der Waals surface area (Å²) in [7, 11) is 0. The largest absolute Gasteiger partial charge is 0.444 e. The van der Waals surface area contributed by atoms with E-state index in [1.165, 1.54) is 6.07 Å². The number of amides is 1. The van der Waals surface area contributed by atoms with Crippen molar-refractivity contribution in [2.24, 2.45) is 0 Å². The number of alkyl carbamates (subject to hydrolysis) is 1. The average Bonchev–Trinajstić information content (AvgIpc) is 2.83. The number of carbonyl (C=O) groups is 1. The maximum Gasteiger partial charge on any atom is 0.407 e. The fourth-order valence-electron chi connectivity index (χ4n) is 2.71. The molecule has 1 aliphatic rings. The minimum absolute atomic E-state index is 0.0694. The van der Waals surface area contributed by atoms with Crippen molar-refractivity contribution in [2.45, 2.75) is 44.9 Å². The Morgan fingerprint density at radius 1 is 1.46 bits per heavy atom. The van der Waals surface area contributed by atoms with Crippen LogP contribution in [0.25, 0.3) is 0 Å². The summed E-state index contributed by atoms with van der Waals surface area (Å²) in [4.78, 5) is 13.7. The smallest absolute Gasteiger partial charge is 0.407 e. The standard InChI is InChI=1S/C17H24F2N2O3/c1-17(2,3)24-16(23)20-12-6-7-21(9-12)10-15(22)13-5-4-11(18)8-14(13)19/h4-5,8,12,15,22H,6-7,9-10H2,1-3H3,(H,20,23). The van der Waals surface area contributed by atoms with Crippen LogP contribution < -0.4 is 5.32 Å². The summed E-state index contributed by atoms with van der Waals surface area (Å²) in [6.45, 7) is 6.80. The van der Waals surface area contributed by atoms with E-state index in [4.69, 9.17) is 4.74 Å². The predicted octanol–water partition coefficient (Wildman–Crippen LogP) is 2.60. The van der Waals surface area contributed by atoms with Crippen LogP contribution in [0.1, 0.15) is 38.9 Å². The molecule has 0 bridgehead atoms. The molecule has 1 saturated heterocycles. The summed E-state index contributed by atoms with van der Waals surface area (Å²) in [5.41, 5.74) is -0.487. The van der Waals surface area contributed by atoms with Crippen LogP contribution in [0.4, 0.5) is 13.6 Å². The van der Waals surface area contributed by atoms with Crippen LogP contribution in [0.5, 0.6) is 0 Å². The zero-order chi connectivity index (χ0) is 17.9. The van der Waals surface area contributed by atoms with E-state index in [2.05, 4.69) is 5.32 Å². The SMILES string of the molecule is CC(C)(C)OC(=O)NC1CCN(CC(O)c2ccc(F)cc2F)C1. The van der Waals surface area contributed by atoms with Crippen molar-refractivity contribution in [3.63, 3.8) is 0 Å². The zero-order valence-electron chi connectivity index (χ0n) is 14.2. The van der Waals surface area contributed by atoms with E-state index < -0.39 is 29.4 Å². The van der Waals surface area contributed by atoms with Crippen molar-refractivity contribution >= 4 is 6.09 Å². The molecule has 24 heavy (non-hydrogen) atoms. The highest BCUT2D eigenvalue weighted by Gasteiger charge is 2.28. The molecule has 2 unspecified atom stereocenters. The Morgan fingerprint density at radius 3 is 2.79 bits per heavy atom. The van der Waals surface area contributed by atoms with E-state index in [-0.39, 0.29) is 18.2 Å². The number of rotatable bonds is 4. The van der Waals surface area contributed by atoms with Crippen LogP contribution >= 0.6 is 0 Å². The van der Waals surface area contributed by atoms with Crippen molar-refractivity contribution in [3.05, 3.63) is 35.4 Å². The summed E-state index contributed by atoms with van der Waals surface area (Å²) in [5.74, 6) is -1.43. The maximum absolute atomic E-state index is 13.7. The van der Waals surface area contributed by atoms with Crippen molar-refractivity contribution < 1.29 is 23.4 Å². The van der Waals surface area contributed by atoms with Gasteiger partial charge in [0.15, 0.2) is 0 Å². The van der Waals surface area contributed by atoms with Crippen LogP contribution in [0.3, 0.4) is 0 Å². The first-order valence-electron chi connectivity index (χ1n) is 7.99. The molecule has 7 heteroatoms. The van der Waals surface area contributed by atoms with Crippen molar-refractivity contribution in [3.8, 4) is 0 Å². The lowest BCUT2D eigenvalue weighted by molar-refractivity contribution is 0.0504. The first kappa shape index (κ1) is 18.6. The molecule has 0 aliphatic carbocycles. The highest BCUT2D eigenvalue weighted by Crippen LogP contribution is 2.21. The molecular formula is C17H24F2N2O3. The van der Waals surface area contributed by atoms with Gasteiger partial charge in [0, 0.05) is 37.3 Å². The summed E-state index contributed by atoms with van der Waals surface area (Å²) in [6, 6.07) is 3.06. The molecule has 1 aliphatic heterocycles. The molecule has 0 spiro atoms. The Morgan fingerprint density at radius 2 is 2.17 bits per heavy atom. The molecule has 1 amide bonds. The molecule has 5 nitrogen and oxygen atoms in total. The van der Waals surface area contributed by atoms with E-state index in [9.17, 15) is 18.7 Å². The van der Waals surface area contributed by atoms with Gasteiger partial charge in [-0.2, -0.15) is 0 Å². The first-order valence-corrected chi connectivity index (χ1v) is 7.99. The van der Waals surface area contributed by atoms with Gasteiger partial charge < -0.3 is 15.2 Å². The molecule has 134 valence electrons. The quantitative estimate of drug-likeness (QED) is 0.883.